The number of fused-ring (bicyclic) bond motifs is 1. The predicted octanol–water partition coefficient (Wildman–Crippen LogP) is 2.03. The molecule has 0 radical (unpaired) electrons. The molecule has 10 nitrogen and oxygen atoms in total. The zero-order valence-corrected chi connectivity index (χ0v) is 17.7. The fourth-order valence-corrected chi connectivity index (χ4v) is 3.73. The lowest BCUT2D eigenvalue weighted by molar-refractivity contribution is -0.139. The van der Waals surface area contributed by atoms with Crippen molar-refractivity contribution in [2.45, 2.75) is 12.5 Å². The van der Waals surface area contributed by atoms with E-state index < -0.39 is 23.8 Å². The van der Waals surface area contributed by atoms with E-state index in [9.17, 15) is 14.4 Å². The second-order valence-electron chi connectivity index (χ2n) is 7.64. The van der Waals surface area contributed by atoms with Crippen LogP contribution >= 0.6 is 0 Å². The van der Waals surface area contributed by atoms with Gasteiger partial charge in [-0.2, -0.15) is 5.10 Å². The molecule has 0 bridgehead atoms. The molecule has 2 N–H and O–H groups in total. The SMILES string of the molecule is Cn1ncc(C(=O)NC2CCOC2=O)c1C(=O)Nc1ccn2cc(-c3ccccc3)nc2c1. The van der Waals surface area contributed by atoms with Crippen LogP contribution in [0, 0.1) is 0 Å². The number of nitrogens with one attached hydrogen (secondary N) is 2. The van der Waals surface area contributed by atoms with Crippen LogP contribution in [0.3, 0.4) is 0 Å². The van der Waals surface area contributed by atoms with Crippen LogP contribution in [0.15, 0.2) is 61.1 Å². The summed E-state index contributed by atoms with van der Waals surface area (Å²) in [5, 5.41) is 9.44. The Kier molecular flexibility index (Phi) is 5.09. The molecule has 4 aromatic rings. The van der Waals surface area contributed by atoms with Crippen molar-refractivity contribution >= 4 is 29.1 Å². The lowest BCUT2D eigenvalue weighted by Gasteiger charge is -2.10. The van der Waals surface area contributed by atoms with E-state index in [0.29, 0.717) is 17.8 Å². The number of hydrogen-bond donors (Lipinski definition) is 2. The third-order valence-electron chi connectivity index (χ3n) is 5.43. The quantitative estimate of drug-likeness (QED) is 0.455. The van der Waals surface area contributed by atoms with Crippen molar-refractivity contribution in [2.75, 3.05) is 11.9 Å². The Hall–Kier alpha value is -4.47. The van der Waals surface area contributed by atoms with Gasteiger partial charge in [0, 0.05) is 43.2 Å². The van der Waals surface area contributed by atoms with Gasteiger partial charge in [-0.25, -0.2) is 9.78 Å². The molecule has 5 rings (SSSR count). The highest BCUT2D eigenvalue weighted by atomic mass is 16.5. The van der Waals surface area contributed by atoms with Crippen molar-refractivity contribution in [3.8, 4) is 11.3 Å². The van der Waals surface area contributed by atoms with E-state index >= 15 is 0 Å². The second-order valence-corrected chi connectivity index (χ2v) is 7.64. The van der Waals surface area contributed by atoms with Gasteiger partial charge in [-0.05, 0) is 6.07 Å². The summed E-state index contributed by atoms with van der Waals surface area (Å²) in [5.41, 5.74) is 3.13. The monoisotopic (exact) mass is 444 g/mol. The third-order valence-corrected chi connectivity index (χ3v) is 5.43. The number of pyridine rings is 1. The van der Waals surface area contributed by atoms with Crippen LogP contribution in [-0.4, -0.2) is 49.6 Å². The summed E-state index contributed by atoms with van der Waals surface area (Å²) in [4.78, 5) is 42.0. The highest BCUT2D eigenvalue weighted by Crippen LogP contribution is 2.21. The number of anilines is 1. The molecule has 1 aliphatic rings. The Morgan fingerprint density at radius 3 is 2.73 bits per heavy atom. The summed E-state index contributed by atoms with van der Waals surface area (Å²) in [6.45, 7) is 0.256. The summed E-state index contributed by atoms with van der Waals surface area (Å²) in [7, 11) is 1.57. The van der Waals surface area contributed by atoms with E-state index in [4.69, 9.17) is 4.74 Å². The highest BCUT2D eigenvalue weighted by molar-refractivity contribution is 6.11. The number of amides is 2. The van der Waals surface area contributed by atoms with Gasteiger partial charge in [0.25, 0.3) is 11.8 Å². The van der Waals surface area contributed by atoms with Gasteiger partial charge in [-0.3, -0.25) is 14.3 Å². The number of rotatable bonds is 5. The molecule has 1 fully saturated rings. The largest absolute Gasteiger partial charge is 0.464 e. The molecule has 1 aliphatic heterocycles. The number of benzene rings is 1. The maximum absolute atomic E-state index is 13.0. The van der Waals surface area contributed by atoms with E-state index in [1.807, 2.05) is 40.9 Å². The summed E-state index contributed by atoms with van der Waals surface area (Å²) in [6, 6.07) is 12.6. The number of nitrogens with zero attached hydrogens (tertiary/aromatic N) is 4. The van der Waals surface area contributed by atoms with Gasteiger partial charge in [-0.15, -0.1) is 0 Å². The first-order chi connectivity index (χ1) is 16.0. The average molecular weight is 444 g/mol. The number of aromatic nitrogens is 4. The van der Waals surface area contributed by atoms with Crippen LogP contribution in [0.25, 0.3) is 16.9 Å². The van der Waals surface area contributed by atoms with Crippen molar-refractivity contribution in [3.63, 3.8) is 0 Å². The Bertz CT molecular complexity index is 1370. The first kappa shape index (κ1) is 20.4. The van der Waals surface area contributed by atoms with Crippen molar-refractivity contribution in [2.24, 2.45) is 7.05 Å². The molecular weight excluding hydrogens is 424 g/mol. The normalized spacial score (nSPS) is 15.4. The van der Waals surface area contributed by atoms with Gasteiger partial charge < -0.3 is 19.8 Å². The molecule has 1 atom stereocenters. The molecule has 4 heterocycles. The van der Waals surface area contributed by atoms with Crippen molar-refractivity contribution in [1.29, 1.82) is 0 Å². The van der Waals surface area contributed by atoms with Crippen LogP contribution in [0.1, 0.15) is 27.3 Å². The Morgan fingerprint density at radius 1 is 1.15 bits per heavy atom. The number of cyclic esters (lactones) is 1. The zero-order chi connectivity index (χ0) is 22.9. The summed E-state index contributed by atoms with van der Waals surface area (Å²) in [6.07, 6.45) is 5.40. The molecule has 1 unspecified atom stereocenters. The van der Waals surface area contributed by atoms with Gasteiger partial charge >= 0.3 is 5.97 Å². The van der Waals surface area contributed by atoms with E-state index in [2.05, 4.69) is 20.7 Å². The summed E-state index contributed by atoms with van der Waals surface area (Å²) >= 11 is 0. The first-order valence-corrected chi connectivity index (χ1v) is 10.3. The molecule has 2 amide bonds. The molecule has 1 saturated heterocycles. The molecule has 10 heteroatoms. The molecule has 0 spiro atoms. The highest BCUT2D eigenvalue weighted by Gasteiger charge is 2.30. The van der Waals surface area contributed by atoms with Crippen LogP contribution < -0.4 is 10.6 Å². The number of hydrogen-bond acceptors (Lipinski definition) is 6. The van der Waals surface area contributed by atoms with Crippen LogP contribution in [0.5, 0.6) is 0 Å². The third kappa shape index (κ3) is 3.93. The standard InChI is InChI=1S/C23H20N6O4/c1-28-20(16(12-24-28)21(30)27-17-8-10-33-23(17)32)22(31)25-15-7-9-29-13-18(26-19(29)11-15)14-5-3-2-4-6-14/h2-7,9,11-13,17H,8,10H2,1H3,(H,25,31)(H,27,30). The van der Waals surface area contributed by atoms with Crippen LogP contribution in [0.4, 0.5) is 5.69 Å². The number of ether oxygens (including phenoxy) is 1. The average Bonchev–Trinajstić information content (AvgIpc) is 3.52. The van der Waals surface area contributed by atoms with E-state index in [-0.39, 0.29) is 17.9 Å². The Labute approximate surface area is 188 Å². The van der Waals surface area contributed by atoms with Gasteiger partial charge in [0.1, 0.15) is 17.4 Å². The molecule has 33 heavy (non-hydrogen) atoms. The number of carbonyl (C=O) groups is 3. The fraction of sp³-hybridized carbons (Fsp3) is 0.174. The van der Waals surface area contributed by atoms with Crippen LogP contribution in [0.2, 0.25) is 0 Å². The van der Waals surface area contributed by atoms with Gasteiger partial charge in [0.15, 0.2) is 0 Å². The van der Waals surface area contributed by atoms with Gasteiger partial charge in [0.05, 0.1) is 24.1 Å². The topological polar surface area (TPSA) is 120 Å². The molecule has 3 aromatic heterocycles. The lowest BCUT2D eigenvalue weighted by Crippen LogP contribution is -2.38. The number of carbonyl (C=O) groups excluding carboxylic acids is 3. The summed E-state index contributed by atoms with van der Waals surface area (Å²) < 4.78 is 8.05. The minimum Gasteiger partial charge on any atom is -0.464 e. The Morgan fingerprint density at radius 2 is 1.97 bits per heavy atom. The molecule has 166 valence electrons. The summed E-state index contributed by atoms with van der Waals surface area (Å²) in [5.74, 6) is -1.55. The molecule has 0 saturated carbocycles. The first-order valence-electron chi connectivity index (χ1n) is 10.3. The Balaban J connectivity index is 1.37. The second kappa shape index (κ2) is 8.23. The zero-order valence-electron chi connectivity index (χ0n) is 17.7. The smallest absolute Gasteiger partial charge is 0.328 e. The molecule has 0 aliphatic carbocycles. The van der Waals surface area contributed by atoms with Gasteiger partial charge in [-0.1, -0.05) is 30.3 Å². The molecular formula is C23H20N6O4. The van der Waals surface area contributed by atoms with Gasteiger partial charge in [0.2, 0.25) is 0 Å². The van der Waals surface area contributed by atoms with Crippen molar-refractivity contribution in [3.05, 3.63) is 72.3 Å². The lowest BCUT2D eigenvalue weighted by atomic mass is 10.2. The maximum Gasteiger partial charge on any atom is 0.328 e. The minimum atomic E-state index is -0.727. The molecule has 1 aromatic carbocycles. The minimum absolute atomic E-state index is 0.0722. The van der Waals surface area contributed by atoms with E-state index in [0.717, 1.165) is 11.3 Å². The van der Waals surface area contributed by atoms with Crippen molar-refractivity contribution < 1.29 is 19.1 Å². The van der Waals surface area contributed by atoms with Crippen molar-refractivity contribution in [1.82, 2.24) is 24.5 Å². The number of esters is 1. The van der Waals surface area contributed by atoms with Crippen LogP contribution in [-0.2, 0) is 16.6 Å². The van der Waals surface area contributed by atoms with E-state index in [1.54, 1.807) is 25.4 Å². The number of aryl methyl sites for hydroxylation is 1. The number of imidazole rings is 1. The van der Waals surface area contributed by atoms with E-state index in [1.165, 1.54) is 10.9 Å². The predicted molar refractivity (Wildman–Crippen MR) is 119 cm³/mol. The fourth-order valence-electron chi connectivity index (χ4n) is 3.73. The maximum atomic E-state index is 13.0.